The molecule has 0 spiro atoms. The molecule has 0 radical (unpaired) electrons. The third-order valence-electron chi connectivity index (χ3n) is 3.30. The lowest BCUT2D eigenvalue weighted by Gasteiger charge is -2.18. The van der Waals surface area contributed by atoms with Crippen LogP contribution >= 0.6 is 11.8 Å². The summed E-state index contributed by atoms with van der Waals surface area (Å²) in [6.07, 6.45) is -2.68. The van der Waals surface area contributed by atoms with Gasteiger partial charge >= 0.3 is 6.18 Å². The normalized spacial score (nSPS) is 22.1. The van der Waals surface area contributed by atoms with E-state index in [4.69, 9.17) is 5.73 Å². The highest BCUT2D eigenvalue weighted by Gasteiger charge is 2.30. The molecule has 2 N–H and O–H groups in total. The Bertz CT molecular complexity index is 399. The van der Waals surface area contributed by atoms with Crippen LogP contribution in [0.25, 0.3) is 0 Å². The van der Waals surface area contributed by atoms with Crippen LogP contribution in [-0.4, -0.2) is 17.5 Å². The Morgan fingerprint density at radius 3 is 2.78 bits per heavy atom. The summed E-state index contributed by atoms with van der Waals surface area (Å²) in [5.41, 5.74) is 6.16. The molecular weight excluding hydrogens is 259 g/mol. The average Bonchev–Trinajstić information content (AvgIpc) is 2.81. The van der Waals surface area contributed by atoms with Crippen molar-refractivity contribution in [1.82, 2.24) is 0 Å². The van der Waals surface area contributed by atoms with Crippen LogP contribution in [0, 0.1) is 5.92 Å². The third kappa shape index (κ3) is 3.42. The number of benzene rings is 1. The Balaban J connectivity index is 2.04. The second-order valence-electron chi connectivity index (χ2n) is 4.69. The fourth-order valence-corrected chi connectivity index (χ4v) is 3.56. The molecule has 5 heteroatoms. The van der Waals surface area contributed by atoms with Gasteiger partial charge in [-0.25, -0.2) is 0 Å². The summed E-state index contributed by atoms with van der Waals surface area (Å²) in [5, 5.41) is 0. The minimum Gasteiger partial charge on any atom is -0.327 e. The third-order valence-corrected chi connectivity index (χ3v) is 4.48. The molecule has 1 aliphatic rings. The summed E-state index contributed by atoms with van der Waals surface area (Å²) in [4.78, 5) is 0. The monoisotopic (exact) mass is 275 g/mol. The van der Waals surface area contributed by atoms with Gasteiger partial charge in [-0.1, -0.05) is 18.2 Å². The van der Waals surface area contributed by atoms with Crippen LogP contribution in [0.2, 0.25) is 0 Å². The van der Waals surface area contributed by atoms with E-state index in [1.807, 2.05) is 11.8 Å². The first kappa shape index (κ1) is 13.7. The summed E-state index contributed by atoms with van der Waals surface area (Å²) in [6.45, 7) is 0. The van der Waals surface area contributed by atoms with Gasteiger partial charge in [-0.2, -0.15) is 24.9 Å². The van der Waals surface area contributed by atoms with Crippen LogP contribution in [-0.2, 0) is 12.6 Å². The van der Waals surface area contributed by atoms with Crippen molar-refractivity contribution in [3.05, 3.63) is 35.4 Å². The zero-order chi connectivity index (χ0) is 13.2. The lowest BCUT2D eigenvalue weighted by atomic mass is 9.93. The molecule has 1 aromatic carbocycles. The number of halogens is 3. The van der Waals surface area contributed by atoms with Crippen LogP contribution in [0.3, 0.4) is 0 Å². The molecule has 1 aliphatic heterocycles. The van der Waals surface area contributed by atoms with Gasteiger partial charge in [-0.3, -0.25) is 0 Å². The summed E-state index contributed by atoms with van der Waals surface area (Å²) in [7, 11) is 0. The van der Waals surface area contributed by atoms with E-state index < -0.39 is 11.7 Å². The Labute approximate surface area is 109 Å². The summed E-state index contributed by atoms with van der Waals surface area (Å²) in [5.74, 6) is 2.57. The topological polar surface area (TPSA) is 26.0 Å². The van der Waals surface area contributed by atoms with Gasteiger partial charge in [0, 0.05) is 6.04 Å². The highest BCUT2D eigenvalue weighted by atomic mass is 32.2. The predicted octanol–water partition coefficient (Wildman–Crippen LogP) is 3.33. The lowest BCUT2D eigenvalue weighted by molar-refractivity contribution is -0.137. The van der Waals surface area contributed by atoms with Crippen LogP contribution in [0.15, 0.2) is 24.3 Å². The van der Waals surface area contributed by atoms with Crippen molar-refractivity contribution in [3.8, 4) is 0 Å². The number of nitrogens with two attached hydrogens (primary N) is 1. The quantitative estimate of drug-likeness (QED) is 0.915. The molecule has 18 heavy (non-hydrogen) atoms. The number of thioether (sulfide) groups is 1. The van der Waals surface area contributed by atoms with Crippen molar-refractivity contribution in [2.45, 2.75) is 25.1 Å². The minimum absolute atomic E-state index is 0.0384. The van der Waals surface area contributed by atoms with Gasteiger partial charge in [0.05, 0.1) is 5.56 Å². The molecule has 1 aromatic rings. The van der Waals surface area contributed by atoms with E-state index in [1.54, 1.807) is 6.07 Å². The molecule has 0 aromatic heterocycles. The van der Waals surface area contributed by atoms with Crippen molar-refractivity contribution < 1.29 is 13.2 Å². The lowest BCUT2D eigenvalue weighted by Crippen LogP contribution is -2.32. The number of rotatable bonds is 3. The van der Waals surface area contributed by atoms with Crippen molar-refractivity contribution >= 4 is 11.8 Å². The van der Waals surface area contributed by atoms with E-state index in [9.17, 15) is 13.2 Å². The Kier molecular flexibility index (Phi) is 4.22. The Hall–Kier alpha value is -0.680. The van der Waals surface area contributed by atoms with Gasteiger partial charge < -0.3 is 5.73 Å². The zero-order valence-corrected chi connectivity index (χ0v) is 10.7. The molecule has 0 aliphatic carbocycles. The number of hydrogen-bond donors (Lipinski definition) is 1. The largest absolute Gasteiger partial charge is 0.416 e. The zero-order valence-electron chi connectivity index (χ0n) is 9.91. The van der Waals surface area contributed by atoms with Gasteiger partial charge in [0.1, 0.15) is 0 Å². The second kappa shape index (κ2) is 5.53. The maximum atomic E-state index is 12.6. The van der Waals surface area contributed by atoms with Crippen molar-refractivity contribution in [3.63, 3.8) is 0 Å². The van der Waals surface area contributed by atoms with Crippen molar-refractivity contribution in [2.24, 2.45) is 11.7 Å². The average molecular weight is 275 g/mol. The van der Waals surface area contributed by atoms with Crippen molar-refractivity contribution in [2.75, 3.05) is 11.5 Å². The number of alkyl halides is 3. The summed E-state index contributed by atoms with van der Waals surface area (Å²) < 4.78 is 37.7. The maximum Gasteiger partial charge on any atom is 0.416 e. The van der Waals surface area contributed by atoms with E-state index >= 15 is 0 Å². The molecule has 1 saturated heterocycles. The van der Waals surface area contributed by atoms with Crippen LogP contribution in [0.5, 0.6) is 0 Å². The minimum atomic E-state index is -4.27. The van der Waals surface area contributed by atoms with E-state index in [2.05, 4.69) is 0 Å². The van der Waals surface area contributed by atoms with Gasteiger partial charge in [0.25, 0.3) is 0 Å². The molecule has 1 heterocycles. The molecule has 0 bridgehead atoms. The first-order valence-corrected chi connectivity index (χ1v) is 7.12. The highest BCUT2D eigenvalue weighted by molar-refractivity contribution is 7.99. The highest BCUT2D eigenvalue weighted by Crippen LogP contribution is 2.31. The fourth-order valence-electron chi connectivity index (χ4n) is 2.20. The first-order valence-electron chi connectivity index (χ1n) is 5.96. The number of hydrogen-bond acceptors (Lipinski definition) is 2. The molecular formula is C13H16F3NS. The van der Waals surface area contributed by atoms with Gasteiger partial charge in [0.2, 0.25) is 0 Å². The molecule has 2 atom stereocenters. The fraction of sp³-hybridized carbons (Fsp3) is 0.538. The van der Waals surface area contributed by atoms with E-state index in [0.29, 0.717) is 17.9 Å². The van der Waals surface area contributed by atoms with Crippen molar-refractivity contribution in [1.29, 1.82) is 0 Å². The molecule has 0 amide bonds. The predicted molar refractivity (Wildman–Crippen MR) is 68.6 cm³/mol. The van der Waals surface area contributed by atoms with Gasteiger partial charge in [0.15, 0.2) is 0 Å². The SMILES string of the molecule is NC(Cc1cccc(C(F)(F)F)c1)C1CCSC1. The van der Waals surface area contributed by atoms with E-state index in [0.717, 1.165) is 24.0 Å². The molecule has 1 fully saturated rings. The molecule has 2 rings (SSSR count). The van der Waals surface area contributed by atoms with E-state index in [1.165, 1.54) is 12.1 Å². The standard InChI is InChI=1S/C13H16F3NS/c14-13(15,16)11-3-1-2-9(6-11)7-12(17)10-4-5-18-8-10/h1-3,6,10,12H,4-5,7-8,17H2. The maximum absolute atomic E-state index is 12.6. The second-order valence-corrected chi connectivity index (χ2v) is 5.84. The Morgan fingerprint density at radius 1 is 1.39 bits per heavy atom. The summed E-state index contributed by atoms with van der Waals surface area (Å²) >= 11 is 1.87. The summed E-state index contributed by atoms with van der Waals surface area (Å²) in [6, 6.07) is 5.44. The molecule has 1 nitrogen and oxygen atoms in total. The first-order chi connectivity index (χ1) is 8.47. The van der Waals surface area contributed by atoms with Crippen LogP contribution in [0.1, 0.15) is 17.5 Å². The van der Waals surface area contributed by atoms with E-state index in [-0.39, 0.29) is 6.04 Å². The van der Waals surface area contributed by atoms with Gasteiger partial charge in [-0.05, 0) is 41.9 Å². The Morgan fingerprint density at radius 2 is 2.17 bits per heavy atom. The molecule has 0 saturated carbocycles. The van der Waals surface area contributed by atoms with Crippen LogP contribution < -0.4 is 5.73 Å². The van der Waals surface area contributed by atoms with Crippen LogP contribution in [0.4, 0.5) is 13.2 Å². The molecule has 2 unspecified atom stereocenters. The molecule has 100 valence electrons. The van der Waals surface area contributed by atoms with Gasteiger partial charge in [-0.15, -0.1) is 0 Å². The smallest absolute Gasteiger partial charge is 0.327 e.